The molecule has 0 fully saturated rings. The molecule has 1 aromatic carbocycles. The van der Waals surface area contributed by atoms with Gasteiger partial charge in [-0.1, -0.05) is 13.0 Å². The van der Waals surface area contributed by atoms with Crippen molar-refractivity contribution >= 4 is 5.69 Å². The van der Waals surface area contributed by atoms with Gasteiger partial charge in [0.15, 0.2) is 0 Å². The van der Waals surface area contributed by atoms with Crippen molar-refractivity contribution in [3.05, 3.63) is 23.8 Å². The maximum atomic E-state index is 8.84. The molecule has 1 unspecified atom stereocenters. The van der Waals surface area contributed by atoms with Crippen molar-refractivity contribution < 1.29 is 4.74 Å². The van der Waals surface area contributed by atoms with Gasteiger partial charge in [0.25, 0.3) is 0 Å². The normalized spacial score (nSPS) is 11.8. The molecule has 0 bridgehead atoms. The Hall–Kier alpha value is -1.73. The lowest BCUT2D eigenvalue weighted by Gasteiger charge is -2.28. The molecule has 0 amide bonds. The third-order valence-electron chi connectivity index (χ3n) is 3.61. The molecule has 21 heavy (non-hydrogen) atoms. The molecule has 1 N–H and O–H groups in total. The standard InChI is InChI=1S/C17H27N3O/c1-5-12-19-14(3)17-15(9-7-10-16(17)21-4)20(6-2)13-8-11-18/h7,9-10,14,19H,5-6,8,12-13H2,1-4H3. The topological polar surface area (TPSA) is 48.3 Å². The summed E-state index contributed by atoms with van der Waals surface area (Å²) < 4.78 is 5.55. The molecule has 1 aromatic rings. The molecule has 1 atom stereocenters. The second kappa shape index (κ2) is 9.25. The molecule has 0 saturated carbocycles. The number of methoxy groups -OCH3 is 1. The van der Waals surface area contributed by atoms with Crippen molar-refractivity contribution in [2.45, 2.75) is 39.7 Å². The van der Waals surface area contributed by atoms with E-state index in [1.165, 1.54) is 5.56 Å². The number of hydrogen-bond acceptors (Lipinski definition) is 4. The average molecular weight is 289 g/mol. The quantitative estimate of drug-likeness (QED) is 0.756. The molecule has 0 aliphatic heterocycles. The van der Waals surface area contributed by atoms with Gasteiger partial charge in [-0.25, -0.2) is 0 Å². The summed E-state index contributed by atoms with van der Waals surface area (Å²) in [7, 11) is 1.71. The number of benzene rings is 1. The van der Waals surface area contributed by atoms with Crippen molar-refractivity contribution in [3.63, 3.8) is 0 Å². The Morgan fingerprint density at radius 2 is 2.14 bits per heavy atom. The molecule has 0 saturated heterocycles. The third kappa shape index (κ3) is 4.64. The first kappa shape index (κ1) is 17.3. The van der Waals surface area contributed by atoms with Crippen LogP contribution in [0.5, 0.6) is 5.75 Å². The van der Waals surface area contributed by atoms with Gasteiger partial charge in [-0.3, -0.25) is 0 Å². The van der Waals surface area contributed by atoms with E-state index < -0.39 is 0 Å². The number of hydrogen-bond donors (Lipinski definition) is 1. The number of rotatable bonds is 9. The van der Waals surface area contributed by atoms with Crippen LogP contribution >= 0.6 is 0 Å². The highest BCUT2D eigenvalue weighted by Crippen LogP contribution is 2.34. The Morgan fingerprint density at radius 3 is 2.71 bits per heavy atom. The van der Waals surface area contributed by atoms with Crippen LogP contribution in [-0.4, -0.2) is 26.7 Å². The molecule has 4 heteroatoms. The minimum atomic E-state index is 0.215. The van der Waals surface area contributed by atoms with Crippen molar-refractivity contribution in [1.29, 1.82) is 5.26 Å². The highest BCUT2D eigenvalue weighted by Gasteiger charge is 2.18. The van der Waals surface area contributed by atoms with E-state index >= 15 is 0 Å². The zero-order chi connectivity index (χ0) is 15.7. The SMILES string of the molecule is CCCNC(C)c1c(OC)cccc1N(CC)CCC#N. The lowest BCUT2D eigenvalue weighted by molar-refractivity contribution is 0.401. The Bertz CT molecular complexity index is 468. The van der Waals surface area contributed by atoms with Gasteiger partial charge in [-0.2, -0.15) is 5.26 Å². The summed E-state index contributed by atoms with van der Waals surface area (Å²) in [6.07, 6.45) is 1.63. The molecule has 116 valence electrons. The molecule has 0 aliphatic carbocycles. The maximum Gasteiger partial charge on any atom is 0.125 e. The molecular weight excluding hydrogens is 262 g/mol. The minimum absolute atomic E-state index is 0.215. The van der Waals surface area contributed by atoms with Crippen LogP contribution in [0, 0.1) is 11.3 Å². The highest BCUT2D eigenvalue weighted by atomic mass is 16.5. The Morgan fingerprint density at radius 1 is 1.38 bits per heavy atom. The number of ether oxygens (including phenoxy) is 1. The summed E-state index contributed by atoms with van der Waals surface area (Å²) in [6.45, 7) is 9.03. The van der Waals surface area contributed by atoms with Gasteiger partial charge in [0, 0.05) is 30.4 Å². The summed E-state index contributed by atoms with van der Waals surface area (Å²) in [5, 5.41) is 12.4. The van der Waals surface area contributed by atoms with Crippen molar-refractivity contribution in [2.75, 3.05) is 31.6 Å². The number of nitrogens with zero attached hydrogens (tertiary/aromatic N) is 2. The second-order valence-corrected chi connectivity index (χ2v) is 5.06. The molecule has 4 nitrogen and oxygen atoms in total. The predicted molar refractivity (Wildman–Crippen MR) is 87.8 cm³/mol. The van der Waals surface area contributed by atoms with Crippen LogP contribution in [0.1, 0.15) is 45.2 Å². The smallest absolute Gasteiger partial charge is 0.125 e. The van der Waals surface area contributed by atoms with E-state index in [1.807, 2.05) is 12.1 Å². The molecule has 0 aromatic heterocycles. The zero-order valence-electron chi connectivity index (χ0n) is 13.6. The van der Waals surface area contributed by atoms with E-state index in [1.54, 1.807) is 7.11 Å². The first-order valence-corrected chi connectivity index (χ1v) is 7.71. The average Bonchev–Trinajstić information content (AvgIpc) is 2.52. The van der Waals surface area contributed by atoms with E-state index in [4.69, 9.17) is 10.00 Å². The summed E-state index contributed by atoms with van der Waals surface area (Å²) in [5.74, 6) is 0.902. The van der Waals surface area contributed by atoms with E-state index in [0.717, 1.165) is 37.5 Å². The summed E-state index contributed by atoms with van der Waals surface area (Å²) in [6, 6.07) is 8.57. The van der Waals surface area contributed by atoms with Gasteiger partial charge in [0.05, 0.1) is 19.6 Å². The summed E-state index contributed by atoms with van der Waals surface area (Å²) in [4.78, 5) is 2.24. The summed E-state index contributed by atoms with van der Waals surface area (Å²) in [5.41, 5.74) is 2.33. The largest absolute Gasteiger partial charge is 0.496 e. The van der Waals surface area contributed by atoms with Gasteiger partial charge >= 0.3 is 0 Å². The Kier molecular flexibility index (Phi) is 7.63. The molecule has 0 aliphatic rings. The van der Waals surface area contributed by atoms with E-state index in [-0.39, 0.29) is 6.04 Å². The van der Waals surface area contributed by atoms with Crippen LogP contribution in [0.15, 0.2) is 18.2 Å². The van der Waals surface area contributed by atoms with E-state index in [0.29, 0.717) is 6.42 Å². The Labute approximate surface area is 128 Å². The van der Waals surface area contributed by atoms with E-state index in [9.17, 15) is 0 Å². The molecule has 0 radical (unpaired) electrons. The first-order valence-electron chi connectivity index (χ1n) is 7.71. The van der Waals surface area contributed by atoms with Crippen molar-refractivity contribution in [1.82, 2.24) is 5.32 Å². The van der Waals surface area contributed by atoms with Crippen LogP contribution < -0.4 is 15.0 Å². The minimum Gasteiger partial charge on any atom is -0.496 e. The van der Waals surface area contributed by atoms with Gasteiger partial charge in [-0.05, 0) is 38.9 Å². The zero-order valence-corrected chi connectivity index (χ0v) is 13.6. The van der Waals surface area contributed by atoms with Gasteiger partial charge in [0.1, 0.15) is 5.75 Å². The van der Waals surface area contributed by atoms with Crippen LogP contribution in [-0.2, 0) is 0 Å². The summed E-state index contributed by atoms with van der Waals surface area (Å²) >= 11 is 0. The lowest BCUT2D eigenvalue weighted by atomic mass is 10.0. The monoisotopic (exact) mass is 289 g/mol. The molecule has 1 rings (SSSR count). The molecule has 0 heterocycles. The molecular formula is C17H27N3O. The maximum absolute atomic E-state index is 8.84. The first-order chi connectivity index (χ1) is 10.2. The fraction of sp³-hybridized carbons (Fsp3) is 0.588. The van der Waals surface area contributed by atoms with Gasteiger partial charge in [0.2, 0.25) is 0 Å². The number of anilines is 1. The fourth-order valence-corrected chi connectivity index (χ4v) is 2.52. The van der Waals surface area contributed by atoms with Crippen molar-refractivity contribution in [3.8, 4) is 11.8 Å². The molecule has 0 spiro atoms. The number of nitrogens with one attached hydrogen (secondary N) is 1. The van der Waals surface area contributed by atoms with Crippen LogP contribution in [0.25, 0.3) is 0 Å². The van der Waals surface area contributed by atoms with E-state index in [2.05, 4.69) is 43.1 Å². The van der Waals surface area contributed by atoms with Gasteiger partial charge in [-0.15, -0.1) is 0 Å². The number of nitriles is 1. The lowest BCUT2D eigenvalue weighted by Crippen LogP contribution is -2.28. The highest BCUT2D eigenvalue weighted by molar-refractivity contribution is 5.60. The van der Waals surface area contributed by atoms with Crippen molar-refractivity contribution in [2.24, 2.45) is 0 Å². The van der Waals surface area contributed by atoms with Crippen LogP contribution in [0.3, 0.4) is 0 Å². The predicted octanol–water partition coefficient (Wildman–Crippen LogP) is 3.50. The fourth-order valence-electron chi connectivity index (χ4n) is 2.52. The third-order valence-corrected chi connectivity index (χ3v) is 3.61. The van der Waals surface area contributed by atoms with Crippen LogP contribution in [0.4, 0.5) is 5.69 Å². The van der Waals surface area contributed by atoms with Gasteiger partial charge < -0.3 is 15.0 Å². The van der Waals surface area contributed by atoms with Crippen LogP contribution in [0.2, 0.25) is 0 Å². The second-order valence-electron chi connectivity index (χ2n) is 5.06. The Balaban J connectivity index is 3.14.